The average Bonchev–Trinajstić information content (AvgIpc) is 2.96. The molecule has 0 fully saturated rings. The van der Waals surface area contributed by atoms with Gasteiger partial charge in [0.05, 0.1) is 0 Å². The summed E-state index contributed by atoms with van der Waals surface area (Å²) in [5.41, 5.74) is 0.290. The second kappa shape index (κ2) is 8.32. The van der Waals surface area contributed by atoms with Crippen LogP contribution >= 0.6 is 0 Å². The third-order valence-corrected chi connectivity index (χ3v) is 4.61. The van der Waals surface area contributed by atoms with Gasteiger partial charge in [-0.15, -0.1) is 0 Å². The lowest BCUT2D eigenvalue weighted by atomic mass is 9.86. The van der Waals surface area contributed by atoms with Gasteiger partial charge in [0.25, 0.3) is 5.91 Å². The molecule has 1 amide bonds. The van der Waals surface area contributed by atoms with Crippen LogP contribution in [0, 0.1) is 0 Å². The number of rotatable bonds is 9. The van der Waals surface area contributed by atoms with Crippen molar-refractivity contribution in [2.75, 3.05) is 13.6 Å². The lowest BCUT2D eigenvalue weighted by Gasteiger charge is -2.43. The minimum Gasteiger partial charge on any atom is -0.361 e. The number of aromatic nitrogens is 1. The zero-order valence-electron chi connectivity index (χ0n) is 14.9. The molecule has 2 unspecified atom stereocenters. The summed E-state index contributed by atoms with van der Waals surface area (Å²) in [6.07, 6.45) is 3.95. The summed E-state index contributed by atoms with van der Waals surface area (Å²) in [7, 11) is 2.13. The van der Waals surface area contributed by atoms with Crippen molar-refractivity contribution >= 4 is 5.91 Å². The molecular formula is C17H31N3O2. The maximum atomic E-state index is 12.4. The Bertz CT molecular complexity index is 472. The topological polar surface area (TPSA) is 58.4 Å². The van der Waals surface area contributed by atoms with Gasteiger partial charge in [0.1, 0.15) is 5.76 Å². The van der Waals surface area contributed by atoms with Crippen LogP contribution in [0.15, 0.2) is 10.6 Å². The molecule has 0 aromatic carbocycles. The van der Waals surface area contributed by atoms with Gasteiger partial charge in [0, 0.05) is 24.1 Å². The largest absolute Gasteiger partial charge is 0.361 e. The van der Waals surface area contributed by atoms with Gasteiger partial charge in [-0.05, 0) is 40.3 Å². The van der Waals surface area contributed by atoms with E-state index in [9.17, 15) is 4.79 Å². The predicted molar refractivity (Wildman–Crippen MR) is 89.0 cm³/mol. The van der Waals surface area contributed by atoms with Gasteiger partial charge in [-0.25, -0.2) is 0 Å². The fourth-order valence-corrected chi connectivity index (χ4v) is 2.85. The van der Waals surface area contributed by atoms with Crippen molar-refractivity contribution < 1.29 is 9.32 Å². The first-order chi connectivity index (χ1) is 10.4. The summed E-state index contributed by atoms with van der Waals surface area (Å²) in [4.78, 5) is 14.7. The summed E-state index contributed by atoms with van der Waals surface area (Å²) in [6.45, 7) is 11.6. The summed E-state index contributed by atoms with van der Waals surface area (Å²) < 4.78 is 5.11. The molecule has 0 aliphatic carbocycles. The van der Waals surface area contributed by atoms with Crippen LogP contribution < -0.4 is 5.32 Å². The SMILES string of the molecule is CCCN(C)C(C)(CCC)C(C)NC(=O)c1cc(CC)on1. The Labute approximate surface area is 134 Å². The number of carbonyl (C=O) groups is 1. The first-order valence-electron chi connectivity index (χ1n) is 8.36. The van der Waals surface area contributed by atoms with E-state index in [1.165, 1.54) is 0 Å². The molecule has 1 aromatic rings. The van der Waals surface area contributed by atoms with Crippen molar-refractivity contribution in [1.82, 2.24) is 15.4 Å². The molecule has 0 radical (unpaired) electrons. The molecule has 1 aromatic heterocycles. The van der Waals surface area contributed by atoms with Crippen LogP contribution in [0.3, 0.4) is 0 Å². The third kappa shape index (κ3) is 4.32. The third-order valence-electron chi connectivity index (χ3n) is 4.61. The van der Waals surface area contributed by atoms with Crippen LogP contribution in [-0.4, -0.2) is 41.1 Å². The number of nitrogens with zero attached hydrogens (tertiary/aromatic N) is 2. The molecule has 5 heteroatoms. The van der Waals surface area contributed by atoms with Gasteiger partial charge < -0.3 is 9.84 Å². The molecule has 126 valence electrons. The maximum Gasteiger partial charge on any atom is 0.273 e. The molecule has 0 bridgehead atoms. The molecule has 0 aliphatic heterocycles. The van der Waals surface area contributed by atoms with Crippen molar-refractivity contribution in [1.29, 1.82) is 0 Å². The summed E-state index contributed by atoms with van der Waals surface area (Å²) in [6, 6.07) is 1.74. The number of aryl methyl sites for hydroxylation is 1. The average molecular weight is 309 g/mol. The number of carbonyl (C=O) groups excluding carboxylic acids is 1. The van der Waals surface area contributed by atoms with Crippen molar-refractivity contribution in [3.8, 4) is 0 Å². The molecule has 22 heavy (non-hydrogen) atoms. The lowest BCUT2D eigenvalue weighted by Crippen LogP contribution is -2.58. The molecular weight excluding hydrogens is 278 g/mol. The van der Waals surface area contributed by atoms with E-state index in [0.29, 0.717) is 5.69 Å². The van der Waals surface area contributed by atoms with Gasteiger partial charge in [0.15, 0.2) is 5.69 Å². The normalized spacial score (nSPS) is 15.6. The van der Waals surface area contributed by atoms with E-state index < -0.39 is 0 Å². The molecule has 2 atom stereocenters. The molecule has 0 saturated heterocycles. The van der Waals surface area contributed by atoms with E-state index in [1.54, 1.807) is 6.07 Å². The fraction of sp³-hybridized carbons (Fsp3) is 0.765. The van der Waals surface area contributed by atoms with Crippen molar-refractivity contribution in [2.45, 2.75) is 71.9 Å². The Morgan fingerprint density at radius 2 is 2.09 bits per heavy atom. The lowest BCUT2D eigenvalue weighted by molar-refractivity contribution is 0.0707. The van der Waals surface area contributed by atoms with Gasteiger partial charge in [0.2, 0.25) is 0 Å². The Morgan fingerprint density at radius 1 is 1.41 bits per heavy atom. The molecule has 1 rings (SSSR count). The van der Waals surface area contributed by atoms with Crippen molar-refractivity contribution in [2.24, 2.45) is 0 Å². The van der Waals surface area contributed by atoms with Crippen molar-refractivity contribution in [3.05, 3.63) is 17.5 Å². The van der Waals surface area contributed by atoms with Gasteiger partial charge >= 0.3 is 0 Å². The van der Waals surface area contributed by atoms with Crippen LogP contribution in [0.25, 0.3) is 0 Å². The van der Waals surface area contributed by atoms with E-state index in [0.717, 1.165) is 38.0 Å². The van der Waals surface area contributed by atoms with E-state index in [1.807, 2.05) is 6.92 Å². The number of hydrogen-bond acceptors (Lipinski definition) is 4. The second-order valence-corrected chi connectivity index (χ2v) is 6.26. The second-order valence-electron chi connectivity index (χ2n) is 6.26. The van der Waals surface area contributed by atoms with E-state index >= 15 is 0 Å². The standard InChI is InChI=1S/C17H31N3O2/c1-7-10-17(5,20(6)11-8-2)13(4)18-16(21)15-12-14(9-3)22-19-15/h12-13H,7-11H2,1-6H3,(H,18,21). The highest BCUT2D eigenvalue weighted by molar-refractivity contribution is 5.92. The number of hydrogen-bond donors (Lipinski definition) is 1. The molecule has 0 saturated carbocycles. The van der Waals surface area contributed by atoms with Gasteiger partial charge in [-0.1, -0.05) is 32.3 Å². The number of nitrogens with one attached hydrogen (secondary N) is 1. The number of amides is 1. The monoisotopic (exact) mass is 309 g/mol. The minimum atomic E-state index is -0.164. The Hall–Kier alpha value is -1.36. The first-order valence-corrected chi connectivity index (χ1v) is 8.36. The zero-order valence-corrected chi connectivity index (χ0v) is 14.9. The fourth-order valence-electron chi connectivity index (χ4n) is 2.85. The van der Waals surface area contributed by atoms with E-state index in [4.69, 9.17) is 4.52 Å². The van der Waals surface area contributed by atoms with Crippen LogP contribution in [0.5, 0.6) is 0 Å². The molecule has 1 N–H and O–H groups in total. The van der Waals surface area contributed by atoms with E-state index in [2.05, 4.69) is 50.1 Å². The van der Waals surface area contributed by atoms with Crippen molar-refractivity contribution in [3.63, 3.8) is 0 Å². The van der Waals surface area contributed by atoms with Crippen LogP contribution in [0.4, 0.5) is 0 Å². The van der Waals surface area contributed by atoms with Gasteiger partial charge in [-0.2, -0.15) is 0 Å². The number of likely N-dealkylation sites (N-methyl/N-ethyl adjacent to an activating group) is 1. The summed E-state index contributed by atoms with van der Waals surface area (Å²) in [5, 5.41) is 6.94. The zero-order chi connectivity index (χ0) is 16.8. The van der Waals surface area contributed by atoms with Crippen LogP contribution in [0.1, 0.15) is 70.1 Å². The summed E-state index contributed by atoms with van der Waals surface area (Å²) in [5.74, 6) is 0.570. The minimum absolute atomic E-state index is 0.0262. The highest BCUT2D eigenvalue weighted by Gasteiger charge is 2.35. The van der Waals surface area contributed by atoms with E-state index in [-0.39, 0.29) is 17.5 Å². The quantitative estimate of drug-likeness (QED) is 0.760. The molecule has 1 heterocycles. The Balaban J connectivity index is 2.81. The Kier molecular flexibility index (Phi) is 7.07. The highest BCUT2D eigenvalue weighted by Crippen LogP contribution is 2.25. The summed E-state index contributed by atoms with van der Waals surface area (Å²) >= 11 is 0. The smallest absolute Gasteiger partial charge is 0.273 e. The van der Waals surface area contributed by atoms with Crippen LogP contribution in [0.2, 0.25) is 0 Å². The van der Waals surface area contributed by atoms with Gasteiger partial charge in [-0.3, -0.25) is 9.69 Å². The predicted octanol–water partition coefficient (Wildman–Crippen LogP) is 3.26. The molecule has 0 spiro atoms. The molecule has 5 nitrogen and oxygen atoms in total. The highest BCUT2D eigenvalue weighted by atomic mass is 16.5. The Morgan fingerprint density at radius 3 is 2.59 bits per heavy atom. The molecule has 0 aliphatic rings. The first kappa shape index (κ1) is 18.7. The maximum absolute atomic E-state index is 12.4. The van der Waals surface area contributed by atoms with Crippen LogP contribution in [-0.2, 0) is 6.42 Å².